The van der Waals surface area contributed by atoms with E-state index in [-0.39, 0.29) is 10.9 Å². The molecule has 6 nitrogen and oxygen atoms in total. The fraction of sp³-hybridized carbons (Fsp3) is 0.316. The van der Waals surface area contributed by atoms with Crippen molar-refractivity contribution in [3.8, 4) is 0 Å². The van der Waals surface area contributed by atoms with Crippen LogP contribution in [0.25, 0.3) is 0 Å². The van der Waals surface area contributed by atoms with Gasteiger partial charge in [-0.05, 0) is 62.1 Å². The van der Waals surface area contributed by atoms with Gasteiger partial charge in [-0.2, -0.15) is 0 Å². The third kappa shape index (κ3) is 3.99. The molecule has 2 amide bonds. The summed E-state index contributed by atoms with van der Waals surface area (Å²) < 4.78 is 28.0. The molecule has 1 saturated heterocycles. The highest BCUT2D eigenvalue weighted by Gasteiger charge is 2.20. The standard InChI is InChI=1S/C19H23N3O3S/c1-14-9-10-16(13-15(14)2)26(24,25)21-18-8-4-3-7-17(18)20-19(23)22-11-5-6-12-22/h3-4,7-10,13,21H,5-6,11-12H2,1-2H3,(H,20,23). The average Bonchev–Trinajstić information content (AvgIpc) is 3.13. The van der Waals surface area contributed by atoms with Crippen LogP contribution >= 0.6 is 0 Å². The van der Waals surface area contributed by atoms with Gasteiger partial charge in [0.25, 0.3) is 10.0 Å². The van der Waals surface area contributed by atoms with E-state index in [9.17, 15) is 13.2 Å². The van der Waals surface area contributed by atoms with Crippen LogP contribution in [0.2, 0.25) is 0 Å². The molecule has 3 rings (SSSR count). The second kappa shape index (κ2) is 7.37. The zero-order valence-corrected chi connectivity index (χ0v) is 15.8. The molecule has 0 bridgehead atoms. The van der Waals surface area contributed by atoms with Crippen LogP contribution < -0.4 is 10.0 Å². The van der Waals surface area contributed by atoms with E-state index >= 15 is 0 Å². The Labute approximate surface area is 154 Å². The predicted molar refractivity (Wildman–Crippen MR) is 103 cm³/mol. The lowest BCUT2D eigenvalue weighted by Crippen LogP contribution is -2.32. The number of benzene rings is 2. The molecule has 1 aliphatic heterocycles. The molecule has 0 aromatic heterocycles. The fourth-order valence-electron chi connectivity index (χ4n) is 2.88. The van der Waals surface area contributed by atoms with Crippen molar-refractivity contribution in [3.63, 3.8) is 0 Å². The first-order valence-corrected chi connectivity index (χ1v) is 10.1. The van der Waals surface area contributed by atoms with Crippen LogP contribution in [0.15, 0.2) is 47.4 Å². The third-order valence-electron chi connectivity index (χ3n) is 4.59. The second-order valence-corrected chi connectivity index (χ2v) is 8.20. The zero-order valence-electron chi connectivity index (χ0n) is 15.0. The Bertz CT molecular complexity index is 919. The highest BCUT2D eigenvalue weighted by atomic mass is 32.2. The first-order valence-electron chi connectivity index (χ1n) is 8.62. The molecule has 26 heavy (non-hydrogen) atoms. The number of anilines is 2. The first-order chi connectivity index (χ1) is 12.4. The molecular formula is C19H23N3O3S. The number of sulfonamides is 1. The molecule has 2 N–H and O–H groups in total. The number of urea groups is 1. The van der Waals surface area contributed by atoms with E-state index in [2.05, 4.69) is 10.0 Å². The normalized spacial score (nSPS) is 14.3. The number of carbonyl (C=O) groups is 1. The van der Waals surface area contributed by atoms with E-state index in [0.717, 1.165) is 37.1 Å². The second-order valence-electron chi connectivity index (χ2n) is 6.52. The number of rotatable bonds is 4. The molecule has 7 heteroatoms. The maximum Gasteiger partial charge on any atom is 0.321 e. The molecule has 0 aliphatic carbocycles. The summed E-state index contributed by atoms with van der Waals surface area (Å²) >= 11 is 0. The van der Waals surface area contributed by atoms with Gasteiger partial charge in [-0.25, -0.2) is 13.2 Å². The summed E-state index contributed by atoms with van der Waals surface area (Å²) in [6, 6.07) is 11.6. The van der Waals surface area contributed by atoms with Crippen LogP contribution in [0, 0.1) is 13.8 Å². The Balaban J connectivity index is 1.83. The lowest BCUT2D eigenvalue weighted by Gasteiger charge is -2.18. The average molecular weight is 373 g/mol. The summed E-state index contributed by atoms with van der Waals surface area (Å²) in [7, 11) is -3.74. The van der Waals surface area contributed by atoms with Gasteiger partial charge in [0, 0.05) is 13.1 Å². The molecule has 0 radical (unpaired) electrons. The highest BCUT2D eigenvalue weighted by molar-refractivity contribution is 7.92. The van der Waals surface area contributed by atoms with Crippen molar-refractivity contribution in [2.45, 2.75) is 31.6 Å². The Hall–Kier alpha value is -2.54. The number of nitrogens with one attached hydrogen (secondary N) is 2. The molecule has 1 fully saturated rings. The van der Waals surface area contributed by atoms with Crippen molar-refractivity contribution in [2.24, 2.45) is 0 Å². The topological polar surface area (TPSA) is 78.5 Å². The van der Waals surface area contributed by atoms with E-state index in [1.54, 1.807) is 47.4 Å². The zero-order chi connectivity index (χ0) is 18.7. The predicted octanol–water partition coefficient (Wildman–Crippen LogP) is 3.73. The minimum Gasteiger partial charge on any atom is -0.325 e. The Kier molecular flexibility index (Phi) is 5.18. The van der Waals surface area contributed by atoms with Crippen LogP contribution in [-0.2, 0) is 10.0 Å². The maximum atomic E-state index is 12.7. The highest BCUT2D eigenvalue weighted by Crippen LogP contribution is 2.26. The lowest BCUT2D eigenvalue weighted by atomic mass is 10.1. The van der Waals surface area contributed by atoms with Crippen molar-refractivity contribution in [2.75, 3.05) is 23.1 Å². The number of nitrogens with zero attached hydrogens (tertiary/aromatic N) is 1. The van der Waals surface area contributed by atoms with Crippen molar-refractivity contribution >= 4 is 27.4 Å². The molecule has 2 aromatic rings. The third-order valence-corrected chi connectivity index (χ3v) is 5.96. The van der Waals surface area contributed by atoms with Gasteiger partial charge in [-0.1, -0.05) is 18.2 Å². The van der Waals surface area contributed by atoms with Gasteiger partial charge in [0.05, 0.1) is 16.3 Å². The fourth-order valence-corrected chi connectivity index (χ4v) is 4.04. The summed E-state index contributed by atoms with van der Waals surface area (Å²) in [4.78, 5) is 14.2. The SMILES string of the molecule is Cc1ccc(S(=O)(=O)Nc2ccccc2NC(=O)N2CCCC2)cc1C. The number of hydrogen-bond donors (Lipinski definition) is 2. The minimum absolute atomic E-state index is 0.196. The molecule has 0 spiro atoms. The lowest BCUT2D eigenvalue weighted by molar-refractivity contribution is 0.222. The summed E-state index contributed by atoms with van der Waals surface area (Å²) in [5, 5.41) is 2.81. The Morgan fingerprint density at radius 3 is 2.27 bits per heavy atom. The first kappa shape index (κ1) is 18.3. The van der Waals surface area contributed by atoms with Crippen LogP contribution in [0.1, 0.15) is 24.0 Å². The van der Waals surface area contributed by atoms with E-state index in [4.69, 9.17) is 0 Å². The Morgan fingerprint density at radius 2 is 1.62 bits per heavy atom. The number of likely N-dealkylation sites (tertiary alicyclic amines) is 1. The number of para-hydroxylation sites is 2. The van der Waals surface area contributed by atoms with Gasteiger partial charge in [0.1, 0.15) is 0 Å². The van der Waals surface area contributed by atoms with Gasteiger partial charge in [-0.15, -0.1) is 0 Å². The molecule has 2 aromatic carbocycles. The molecule has 0 unspecified atom stereocenters. The van der Waals surface area contributed by atoms with Crippen molar-refractivity contribution in [3.05, 3.63) is 53.6 Å². The van der Waals surface area contributed by atoms with Crippen LogP contribution in [-0.4, -0.2) is 32.4 Å². The molecule has 138 valence electrons. The quantitative estimate of drug-likeness (QED) is 0.857. The van der Waals surface area contributed by atoms with Gasteiger partial charge in [-0.3, -0.25) is 4.72 Å². The molecule has 0 saturated carbocycles. The number of carbonyl (C=O) groups excluding carboxylic acids is 1. The van der Waals surface area contributed by atoms with E-state index in [0.29, 0.717) is 11.4 Å². The number of hydrogen-bond acceptors (Lipinski definition) is 3. The molecule has 1 aliphatic rings. The number of aryl methyl sites for hydroxylation is 2. The summed E-state index contributed by atoms with van der Waals surface area (Å²) in [5.41, 5.74) is 2.72. The number of amides is 2. The molecule has 1 heterocycles. The van der Waals surface area contributed by atoms with Gasteiger partial charge in [0.15, 0.2) is 0 Å². The van der Waals surface area contributed by atoms with Gasteiger partial charge < -0.3 is 10.2 Å². The largest absolute Gasteiger partial charge is 0.325 e. The van der Waals surface area contributed by atoms with Crippen molar-refractivity contribution < 1.29 is 13.2 Å². The Morgan fingerprint density at radius 1 is 0.962 bits per heavy atom. The van der Waals surface area contributed by atoms with Crippen LogP contribution in [0.5, 0.6) is 0 Å². The van der Waals surface area contributed by atoms with Crippen molar-refractivity contribution in [1.82, 2.24) is 4.90 Å². The van der Waals surface area contributed by atoms with Crippen molar-refractivity contribution in [1.29, 1.82) is 0 Å². The molecular weight excluding hydrogens is 350 g/mol. The van der Waals surface area contributed by atoms with Gasteiger partial charge >= 0.3 is 6.03 Å². The summed E-state index contributed by atoms with van der Waals surface area (Å²) in [6.07, 6.45) is 1.99. The van der Waals surface area contributed by atoms with Gasteiger partial charge in [0.2, 0.25) is 0 Å². The summed E-state index contributed by atoms with van der Waals surface area (Å²) in [5.74, 6) is 0. The monoisotopic (exact) mass is 373 g/mol. The van der Waals surface area contributed by atoms with Crippen LogP contribution in [0.3, 0.4) is 0 Å². The summed E-state index contributed by atoms with van der Waals surface area (Å²) in [6.45, 7) is 5.26. The smallest absolute Gasteiger partial charge is 0.321 e. The van der Waals surface area contributed by atoms with E-state index in [1.165, 1.54) is 0 Å². The van der Waals surface area contributed by atoms with Crippen LogP contribution in [0.4, 0.5) is 16.2 Å². The van der Waals surface area contributed by atoms with E-state index < -0.39 is 10.0 Å². The van der Waals surface area contributed by atoms with E-state index in [1.807, 2.05) is 13.8 Å². The minimum atomic E-state index is -3.74. The maximum absolute atomic E-state index is 12.7. The molecule has 0 atom stereocenters.